The molecule has 0 aliphatic heterocycles. The molecule has 1 atom stereocenters. The van der Waals surface area contributed by atoms with Crippen molar-refractivity contribution in [2.75, 3.05) is 5.32 Å². The maximum absolute atomic E-state index is 13.6. The average Bonchev–Trinajstić information content (AvgIpc) is 2.48. The van der Waals surface area contributed by atoms with E-state index in [4.69, 9.17) is 5.11 Å². The third-order valence-corrected chi connectivity index (χ3v) is 2.79. The summed E-state index contributed by atoms with van der Waals surface area (Å²) in [5, 5.41) is 14.0. The number of aldehydes is 1. The summed E-state index contributed by atoms with van der Waals surface area (Å²) in [7, 11) is 0. The van der Waals surface area contributed by atoms with E-state index in [-0.39, 0.29) is 11.3 Å². The summed E-state index contributed by atoms with van der Waals surface area (Å²) in [6.45, 7) is 0. The van der Waals surface area contributed by atoms with Crippen LogP contribution in [-0.2, 0) is 4.79 Å². The molecule has 0 aromatic heterocycles. The first-order chi connectivity index (χ1) is 10.1. The first kappa shape index (κ1) is 14.5. The number of hydrogen-bond donors (Lipinski definition) is 3. The fraction of sp³-hybridized carbons (Fsp3) is 0.0667. The number of nitrogens with one attached hydrogen (secondary N) is 2. The molecule has 108 valence electrons. The van der Waals surface area contributed by atoms with E-state index in [1.54, 1.807) is 6.07 Å². The molecule has 2 aromatic carbocycles. The van der Waals surface area contributed by atoms with Gasteiger partial charge in [-0.3, -0.25) is 0 Å². The Kier molecular flexibility index (Phi) is 4.50. The van der Waals surface area contributed by atoms with Crippen LogP contribution in [-0.4, -0.2) is 17.4 Å². The zero-order valence-corrected chi connectivity index (χ0v) is 10.9. The minimum Gasteiger partial charge on any atom is -0.508 e. The number of carbonyl (C=O) groups is 2. The lowest BCUT2D eigenvalue weighted by atomic mass is 10.1. The molecule has 0 saturated carbocycles. The van der Waals surface area contributed by atoms with Crippen LogP contribution in [0.15, 0.2) is 48.5 Å². The van der Waals surface area contributed by atoms with E-state index in [9.17, 15) is 14.0 Å². The van der Waals surface area contributed by atoms with Crippen LogP contribution in [0.2, 0.25) is 0 Å². The van der Waals surface area contributed by atoms with E-state index in [1.807, 2.05) is 0 Å². The van der Waals surface area contributed by atoms with Gasteiger partial charge in [0.2, 0.25) is 0 Å². The Labute approximate surface area is 120 Å². The van der Waals surface area contributed by atoms with E-state index < -0.39 is 17.9 Å². The summed E-state index contributed by atoms with van der Waals surface area (Å²) in [5.41, 5.74) is 0.525. The van der Waals surface area contributed by atoms with Crippen molar-refractivity contribution >= 4 is 18.0 Å². The van der Waals surface area contributed by atoms with Crippen molar-refractivity contribution in [3.63, 3.8) is 0 Å². The van der Waals surface area contributed by atoms with Gasteiger partial charge in [-0.25, -0.2) is 9.18 Å². The maximum atomic E-state index is 13.6. The maximum Gasteiger partial charge on any atom is 0.320 e. The molecule has 5 nitrogen and oxygen atoms in total. The molecule has 0 spiro atoms. The number of anilines is 1. The van der Waals surface area contributed by atoms with Crippen LogP contribution in [0.5, 0.6) is 5.75 Å². The molecule has 21 heavy (non-hydrogen) atoms. The van der Waals surface area contributed by atoms with Crippen molar-refractivity contribution in [2.24, 2.45) is 0 Å². The largest absolute Gasteiger partial charge is 0.508 e. The van der Waals surface area contributed by atoms with Crippen LogP contribution in [0, 0.1) is 5.82 Å². The standard InChI is InChI=1S/C15H13FN2O3/c16-13-4-2-1-3-12(13)14(9-19)18-15(21)17-10-5-7-11(20)8-6-10/h1-9,14,20H,(H2,17,18,21). The van der Waals surface area contributed by atoms with Gasteiger partial charge in [0, 0.05) is 11.3 Å². The van der Waals surface area contributed by atoms with Crippen LogP contribution in [0.4, 0.5) is 14.9 Å². The highest BCUT2D eigenvalue weighted by molar-refractivity contribution is 5.91. The summed E-state index contributed by atoms with van der Waals surface area (Å²) in [4.78, 5) is 22.8. The van der Waals surface area contributed by atoms with Crippen molar-refractivity contribution in [3.8, 4) is 5.75 Å². The SMILES string of the molecule is O=CC(NC(=O)Nc1ccc(O)cc1)c1ccccc1F. The van der Waals surface area contributed by atoms with Crippen LogP contribution in [0.25, 0.3) is 0 Å². The second kappa shape index (κ2) is 6.51. The number of amides is 2. The smallest absolute Gasteiger partial charge is 0.320 e. The van der Waals surface area contributed by atoms with Gasteiger partial charge in [0.15, 0.2) is 0 Å². The zero-order chi connectivity index (χ0) is 15.2. The van der Waals surface area contributed by atoms with Crippen molar-refractivity contribution in [2.45, 2.75) is 6.04 Å². The predicted molar refractivity (Wildman–Crippen MR) is 75.5 cm³/mol. The minimum atomic E-state index is -1.08. The number of benzene rings is 2. The topological polar surface area (TPSA) is 78.4 Å². The third kappa shape index (κ3) is 3.79. The van der Waals surface area contributed by atoms with Crippen LogP contribution in [0.1, 0.15) is 11.6 Å². The molecule has 0 aliphatic carbocycles. The summed E-state index contributed by atoms with van der Waals surface area (Å²) in [5.74, 6) is -0.502. The van der Waals surface area contributed by atoms with Gasteiger partial charge >= 0.3 is 6.03 Å². The lowest BCUT2D eigenvalue weighted by molar-refractivity contribution is -0.109. The quantitative estimate of drug-likeness (QED) is 0.597. The lowest BCUT2D eigenvalue weighted by Gasteiger charge is -2.14. The Hall–Kier alpha value is -2.89. The monoisotopic (exact) mass is 288 g/mol. The Morgan fingerprint density at radius 3 is 2.43 bits per heavy atom. The molecular weight excluding hydrogens is 275 g/mol. The number of phenolic OH excluding ortho intramolecular Hbond substituents is 1. The molecule has 2 aromatic rings. The van der Waals surface area contributed by atoms with Crippen molar-refractivity contribution in [1.82, 2.24) is 5.32 Å². The Bertz CT molecular complexity index is 644. The number of rotatable bonds is 4. The van der Waals surface area contributed by atoms with Gasteiger partial charge in [-0.1, -0.05) is 18.2 Å². The number of phenols is 1. The van der Waals surface area contributed by atoms with E-state index in [0.29, 0.717) is 12.0 Å². The van der Waals surface area contributed by atoms with Crippen molar-refractivity contribution < 1.29 is 19.1 Å². The van der Waals surface area contributed by atoms with Gasteiger partial charge in [0.05, 0.1) is 0 Å². The van der Waals surface area contributed by atoms with E-state index in [0.717, 1.165) is 0 Å². The van der Waals surface area contributed by atoms with Crippen LogP contribution in [0.3, 0.4) is 0 Å². The molecule has 6 heteroatoms. The number of halogens is 1. The zero-order valence-electron chi connectivity index (χ0n) is 10.9. The molecule has 0 saturated heterocycles. The van der Waals surface area contributed by atoms with Gasteiger partial charge in [0.1, 0.15) is 23.9 Å². The number of hydrogen-bond acceptors (Lipinski definition) is 3. The first-order valence-electron chi connectivity index (χ1n) is 6.16. The molecule has 0 bridgehead atoms. The minimum absolute atomic E-state index is 0.0677. The lowest BCUT2D eigenvalue weighted by Crippen LogP contribution is -2.33. The summed E-state index contributed by atoms with van der Waals surface area (Å²) >= 11 is 0. The normalized spacial score (nSPS) is 11.5. The molecule has 0 fully saturated rings. The first-order valence-corrected chi connectivity index (χ1v) is 6.16. The van der Waals surface area contributed by atoms with Crippen LogP contribution >= 0.6 is 0 Å². The molecule has 0 heterocycles. The Morgan fingerprint density at radius 1 is 1.14 bits per heavy atom. The predicted octanol–water partition coefficient (Wildman–Crippen LogP) is 2.59. The Morgan fingerprint density at radius 2 is 1.81 bits per heavy atom. The second-order valence-electron chi connectivity index (χ2n) is 4.28. The highest BCUT2D eigenvalue weighted by atomic mass is 19.1. The highest BCUT2D eigenvalue weighted by Crippen LogP contribution is 2.16. The van der Waals surface area contributed by atoms with Gasteiger partial charge in [-0.2, -0.15) is 0 Å². The second-order valence-corrected chi connectivity index (χ2v) is 4.28. The number of aromatic hydroxyl groups is 1. The van der Waals surface area contributed by atoms with E-state index in [2.05, 4.69) is 10.6 Å². The van der Waals surface area contributed by atoms with Gasteiger partial charge < -0.3 is 20.5 Å². The third-order valence-electron chi connectivity index (χ3n) is 2.79. The van der Waals surface area contributed by atoms with Crippen LogP contribution < -0.4 is 10.6 Å². The van der Waals surface area contributed by atoms with Crippen molar-refractivity contribution in [1.29, 1.82) is 0 Å². The molecule has 3 N–H and O–H groups in total. The van der Waals surface area contributed by atoms with E-state index in [1.165, 1.54) is 42.5 Å². The number of urea groups is 1. The molecule has 1 unspecified atom stereocenters. The highest BCUT2D eigenvalue weighted by Gasteiger charge is 2.17. The molecular formula is C15H13FN2O3. The molecule has 0 radical (unpaired) electrons. The van der Waals surface area contributed by atoms with Crippen molar-refractivity contribution in [3.05, 3.63) is 59.9 Å². The molecule has 2 rings (SSSR count). The fourth-order valence-electron chi connectivity index (χ4n) is 1.77. The summed E-state index contributed by atoms with van der Waals surface area (Å²) in [6.07, 6.45) is 0.453. The van der Waals surface area contributed by atoms with Gasteiger partial charge in [-0.15, -0.1) is 0 Å². The Balaban J connectivity index is 2.05. The average molecular weight is 288 g/mol. The van der Waals surface area contributed by atoms with Gasteiger partial charge in [-0.05, 0) is 30.3 Å². The van der Waals surface area contributed by atoms with Gasteiger partial charge in [0.25, 0.3) is 0 Å². The fourth-order valence-corrected chi connectivity index (χ4v) is 1.77. The molecule has 2 amide bonds. The van der Waals surface area contributed by atoms with E-state index >= 15 is 0 Å². The number of carbonyl (C=O) groups excluding carboxylic acids is 2. The summed E-state index contributed by atoms with van der Waals surface area (Å²) in [6, 6.07) is 9.78. The summed E-state index contributed by atoms with van der Waals surface area (Å²) < 4.78 is 13.6. The molecule has 0 aliphatic rings.